The molecule has 1 aromatic rings. The van der Waals surface area contributed by atoms with Gasteiger partial charge in [-0.1, -0.05) is 18.7 Å². The molecule has 2 atom stereocenters. The Balaban J connectivity index is 2.97. The molecule has 94 valence electrons. The van der Waals surface area contributed by atoms with Gasteiger partial charge in [-0.05, 0) is 31.9 Å². The van der Waals surface area contributed by atoms with E-state index in [1.54, 1.807) is 13.2 Å². The predicted molar refractivity (Wildman–Crippen MR) is 70.6 cm³/mol. The van der Waals surface area contributed by atoms with E-state index in [2.05, 4.69) is 6.58 Å². The van der Waals surface area contributed by atoms with Crippen LogP contribution in [-0.2, 0) is 6.42 Å². The molecule has 0 aliphatic carbocycles. The summed E-state index contributed by atoms with van der Waals surface area (Å²) < 4.78 is 11.0. The maximum absolute atomic E-state index is 5.82. The average Bonchev–Trinajstić information content (AvgIpc) is 2.30. The third-order valence-corrected chi connectivity index (χ3v) is 2.46. The average molecular weight is 235 g/mol. The first-order chi connectivity index (χ1) is 8.06. The molecule has 0 saturated heterocycles. The van der Waals surface area contributed by atoms with Crippen LogP contribution in [0.4, 0.5) is 0 Å². The summed E-state index contributed by atoms with van der Waals surface area (Å²) in [4.78, 5) is 0. The molecule has 1 rings (SSSR count). The zero-order chi connectivity index (χ0) is 12.8. The van der Waals surface area contributed by atoms with Crippen LogP contribution < -0.4 is 15.2 Å². The van der Waals surface area contributed by atoms with Crippen LogP contribution in [0.3, 0.4) is 0 Å². The zero-order valence-corrected chi connectivity index (χ0v) is 10.8. The minimum absolute atomic E-state index is 0.0334. The highest BCUT2D eigenvalue weighted by molar-refractivity contribution is 5.41. The molecule has 0 fully saturated rings. The third kappa shape index (κ3) is 4.11. The van der Waals surface area contributed by atoms with E-state index in [1.807, 2.05) is 32.0 Å². The van der Waals surface area contributed by atoms with E-state index in [0.717, 1.165) is 23.5 Å². The second kappa shape index (κ2) is 6.30. The van der Waals surface area contributed by atoms with Crippen LogP contribution in [0.1, 0.15) is 19.4 Å². The van der Waals surface area contributed by atoms with E-state index in [0.29, 0.717) is 0 Å². The summed E-state index contributed by atoms with van der Waals surface area (Å²) in [5, 5.41) is 0. The molecule has 0 heterocycles. The maximum atomic E-state index is 5.82. The van der Waals surface area contributed by atoms with Gasteiger partial charge in [0.05, 0.1) is 7.11 Å². The molecule has 0 aliphatic rings. The van der Waals surface area contributed by atoms with Gasteiger partial charge in [-0.15, -0.1) is 0 Å². The highest BCUT2D eigenvalue weighted by atomic mass is 16.5. The number of nitrogens with two attached hydrogens (primary N) is 1. The molecule has 0 spiro atoms. The van der Waals surface area contributed by atoms with Crippen molar-refractivity contribution in [3.63, 3.8) is 0 Å². The molecule has 0 aliphatic heterocycles. The van der Waals surface area contributed by atoms with Crippen LogP contribution in [-0.4, -0.2) is 19.3 Å². The topological polar surface area (TPSA) is 44.5 Å². The van der Waals surface area contributed by atoms with Crippen molar-refractivity contribution in [1.29, 1.82) is 0 Å². The number of ether oxygens (including phenoxy) is 2. The van der Waals surface area contributed by atoms with E-state index in [9.17, 15) is 0 Å². The van der Waals surface area contributed by atoms with Crippen LogP contribution in [0.5, 0.6) is 11.5 Å². The highest BCUT2D eigenvalue weighted by Gasteiger charge is 2.09. The van der Waals surface area contributed by atoms with Crippen molar-refractivity contribution in [2.75, 3.05) is 7.11 Å². The largest absolute Gasteiger partial charge is 0.497 e. The quantitative estimate of drug-likeness (QED) is 0.771. The van der Waals surface area contributed by atoms with E-state index in [1.165, 1.54) is 0 Å². The maximum Gasteiger partial charge on any atom is 0.127 e. The lowest BCUT2D eigenvalue weighted by Crippen LogP contribution is -2.19. The molecule has 2 unspecified atom stereocenters. The molecule has 17 heavy (non-hydrogen) atoms. The van der Waals surface area contributed by atoms with Crippen LogP contribution in [0.25, 0.3) is 0 Å². The molecule has 0 amide bonds. The van der Waals surface area contributed by atoms with Gasteiger partial charge in [0.15, 0.2) is 0 Å². The van der Waals surface area contributed by atoms with E-state index >= 15 is 0 Å². The fraction of sp³-hybridized carbons (Fsp3) is 0.429. The minimum atomic E-state index is -0.0334. The Morgan fingerprint density at radius 3 is 2.65 bits per heavy atom. The summed E-state index contributed by atoms with van der Waals surface area (Å²) in [6.45, 7) is 7.63. The van der Waals surface area contributed by atoms with Crippen LogP contribution >= 0.6 is 0 Å². The standard InChI is InChI=1S/C14H21NO2/c1-5-11(3)17-14-9-13(16-4)7-6-12(14)8-10(2)15/h5-7,9-11H,1,8,15H2,2-4H3. The molecule has 3 heteroatoms. The summed E-state index contributed by atoms with van der Waals surface area (Å²) in [5.74, 6) is 1.60. The summed E-state index contributed by atoms with van der Waals surface area (Å²) in [6, 6.07) is 5.90. The van der Waals surface area contributed by atoms with Crippen molar-refractivity contribution in [1.82, 2.24) is 0 Å². The van der Waals surface area contributed by atoms with Gasteiger partial charge >= 0.3 is 0 Å². The normalized spacial score (nSPS) is 13.9. The molecule has 0 bridgehead atoms. The first-order valence-electron chi connectivity index (χ1n) is 5.78. The Labute approximate surface area is 103 Å². The number of hydrogen-bond acceptors (Lipinski definition) is 3. The summed E-state index contributed by atoms with van der Waals surface area (Å²) in [6.07, 6.45) is 2.51. The van der Waals surface area contributed by atoms with E-state index in [-0.39, 0.29) is 12.1 Å². The lowest BCUT2D eigenvalue weighted by Gasteiger charge is -2.17. The van der Waals surface area contributed by atoms with Gasteiger partial charge in [0.25, 0.3) is 0 Å². The van der Waals surface area contributed by atoms with Crippen molar-refractivity contribution in [2.24, 2.45) is 5.73 Å². The molecule has 0 radical (unpaired) electrons. The van der Waals surface area contributed by atoms with Gasteiger partial charge < -0.3 is 15.2 Å². The van der Waals surface area contributed by atoms with Crippen molar-refractivity contribution in [3.8, 4) is 11.5 Å². The fourth-order valence-electron chi connectivity index (χ4n) is 1.54. The summed E-state index contributed by atoms with van der Waals surface area (Å²) in [7, 11) is 1.64. The van der Waals surface area contributed by atoms with Crippen LogP contribution in [0.15, 0.2) is 30.9 Å². The molecule has 0 aromatic heterocycles. The van der Waals surface area contributed by atoms with Crippen molar-refractivity contribution in [2.45, 2.75) is 32.4 Å². The molecular formula is C14H21NO2. The van der Waals surface area contributed by atoms with Crippen LogP contribution in [0.2, 0.25) is 0 Å². The van der Waals surface area contributed by atoms with Crippen molar-refractivity contribution < 1.29 is 9.47 Å². The predicted octanol–water partition coefficient (Wildman–Crippen LogP) is 2.54. The van der Waals surface area contributed by atoms with Gasteiger partial charge in [-0.3, -0.25) is 0 Å². The Kier molecular flexibility index (Phi) is 5.04. The molecule has 1 aromatic carbocycles. The summed E-state index contributed by atoms with van der Waals surface area (Å²) in [5.41, 5.74) is 6.91. The monoisotopic (exact) mass is 235 g/mol. The lowest BCUT2D eigenvalue weighted by molar-refractivity contribution is 0.265. The molecular weight excluding hydrogens is 214 g/mol. The van der Waals surface area contributed by atoms with E-state index < -0.39 is 0 Å². The van der Waals surface area contributed by atoms with Gasteiger partial charge in [0, 0.05) is 12.1 Å². The molecule has 2 N–H and O–H groups in total. The Hall–Kier alpha value is -1.48. The number of benzene rings is 1. The number of rotatable bonds is 6. The van der Waals surface area contributed by atoms with Gasteiger partial charge in [-0.2, -0.15) is 0 Å². The van der Waals surface area contributed by atoms with Crippen LogP contribution in [0, 0.1) is 0 Å². The number of hydrogen-bond donors (Lipinski definition) is 1. The smallest absolute Gasteiger partial charge is 0.127 e. The zero-order valence-electron chi connectivity index (χ0n) is 10.8. The first-order valence-corrected chi connectivity index (χ1v) is 5.78. The second-order valence-electron chi connectivity index (χ2n) is 4.21. The van der Waals surface area contributed by atoms with Crippen molar-refractivity contribution in [3.05, 3.63) is 36.4 Å². The molecule has 0 saturated carbocycles. The highest BCUT2D eigenvalue weighted by Crippen LogP contribution is 2.26. The SMILES string of the molecule is C=CC(C)Oc1cc(OC)ccc1CC(C)N. The first kappa shape index (κ1) is 13.6. The van der Waals surface area contributed by atoms with Gasteiger partial charge in [-0.25, -0.2) is 0 Å². The van der Waals surface area contributed by atoms with Gasteiger partial charge in [0.1, 0.15) is 17.6 Å². The number of methoxy groups -OCH3 is 1. The third-order valence-electron chi connectivity index (χ3n) is 2.46. The Bertz CT molecular complexity index is 374. The minimum Gasteiger partial charge on any atom is -0.497 e. The molecule has 3 nitrogen and oxygen atoms in total. The van der Waals surface area contributed by atoms with Gasteiger partial charge in [0.2, 0.25) is 0 Å². The summed E-state index contributed by atoms with van der Waals surface area (Å²) >= 11 is 0. The Morgan fingerprint density at radius 1 is 1.41 bits per heavy atom. The van der Waals surface area contributed by atoms with Crippen molar-refractivity contribution >= 4 is 0 Å². The fourth-order valence-corrected chi connectivity index (χ4v) is 1.54. The Morgan fingerprint density at radius 2 is 2.12 bits per heavy atom. The lowest BCUT2D eigenvalue weighted by atomic mass is 10.1. The van der Waals surface area contributed by atoms with E-state index in [4.69, 9.17) is 15.2 Å². The second-order valence-corrected chi connectivity index (χ2v) is 4.21.